The molecule has 0 aliphatic carbocycles. The van der Waals surface area contributed by atoms with E-state index in [4.69, 9.17) is 16.3 Å². The molecule has 3 rings (SSSR count). The van der Waals surface area contributed by atoms with Crippen molar-refractivity contribution in [3.05, 3.63) is 59.1 Å². The van der Waals surface area contributed by atoms with E-state index in [1.165, 1.54) is 4.90 Å². The molecule has 1 amide bonds. The molecule has 2 aromatic carbocycles. The topological polar surface area (TPSA) is 42.8 Å². The third-order valence-electron chi connectivity index (χ3n) is 4.49. The lowest BCUT2D eigenvalue weighted by atomic mass is 10.0. The zero-order chi connectivity index (χ0) is 16.9. The summed E-state index contributed by atoms with van der Waals surface area (Å²) in [4.78, 5) is 14.3. The van der Waals surface area contributed by atoms with Crippen molar-refractivity contribution in [2.75, 3.05) is 25.5 Å². The fourth-order valence-electron chi connectivity index (χ4n) is 3.26. The van der Waals surface area contributed by atoms with Gasteiger partial charge in [-0.15, -0.1) is 0 Å². The summed E-state index contributed by atoms with van der Waals surface area (Å²) in [6.07, 6.45) is 2.29. The van der Waals surface area contributed by atoms with Crippen molar-refractivity contribution in [1.82, 2.24) is 0 Å². The maximum Gasteiger partial charge on any atom is 0.287 e. The highest BCUT2D eigenvalue weighted by molar-refractivity contribution is 6.31. The number of benzene rings is 2. The number of carbonyl (C=O) groups excluding carboxylic acids is 1. The number of anilines is 1. The normalized spacial score (nSPS) is 15.9. The lowest BCUT2D eigenvalue weighted by molar-refractivity contribution is -0.909. The van der Waals surface area contributed by atoms with Crippen molar-refractivity contribution in [1.29, 1.82) is 0 Å². The number of amides is 1. The fourth-order valence-corrected chi connectivity index (χ4v) is 3.51. The van der Waals surface area contributed by atoms with Gasteiger partial charge < -0.3 is 15.0 Å². The molecule has 1 fully saturated rings. The molecule has 126 valence electrons. The molecule has 0 spiro atoms. The van der Waals surface area contributed by atoms with Gasteiger partial charge in [0.25, 0.3) is 5.91 Å². The highest BCUT2D eigenvalue weighted by Crippen LogP contribution is 2.23. The van der Waals surface area contributed by atoms with Crippen LogP contribution in [0.4, 0.5) is 5.69 Å². The first kappa shape index (κ1) is 16.8. The SMILES string of the molecule is COc1ccc(NC(=O)[C@H](c2ccccc2Cl)[NH+]2CCCC2)cc1. The standard InChI is InChI=1S/C19H21ClN2O2/c1-24-15-10-8-14(9-11-15)21-19(23)18(22-12-4-5-13-22)16-6-2-3-7-17(16)20/h2-3,6-11,18H,4-5,12-13H2,1H3,(H,21,23)/p+1/t18-/m0/s1. The molecule has 0 saturated carbocycles. The number of quaternary nitrogens is 1. The van der Waals surface area contributed by atoms with Crippen LogP contribution in [-0.4, -0.2) is 26.1 Å². The Morgan fingerprint density at radius 1 is 1.12 bits per heavy atom. The summed E-state index contributed by atoms with van der Waals surface area (Å²) in [7, 11) is 1.62. The van der Waals surface area contributed by atoms with Gasteiger partial charge in [0.2, 0.25) is 0 Å². The van der Waals surface area contributed by atoms with Gasteiger partial charge >= 0.3 is 0 Å². The molecule has 0 aromatic heterocycles. The number of likely N-dealkylation sites (tertiary alicyclic amines) is 1. The van der Waals surface area contributed by atoms with Gasteiger partial charge in [-0.05, 0) is 30.3 Å². The highest BCUT2D eigenvalue weighted by atomic mass is 35.5. The van der Waals surface area contributed by atoms with Crippen LogP contribution in [-0.2, 0) is 4.79 Å². The molecule has 24 heavy (non-hydrogen) atoms. The van der Waals surface area contributed by atoms with E-state index >= 15 is 0 Å². The second kappa shape index (κ2) is 7.69. The Kier molecular flexibility index (Phi) is 5.38. The van der Waals surface area contributed by atoms with Gasteiger partial charge in [0.1, 0.15) is 5.75 Å². The molecule has 1 saturated heterocycles. The minimum absolute atomic E-state index is 0.0230. The molecular formula is C19H22ClN2O2+. The Bertz CT molecular complexity index is 697. The number of methoxy groups -OCH3 is 1. The lowest BCUT2D eigenvalue weighted by Gasteiger charge is -2.24. The molecule has 2 N–H and O–H groups in total. The van der Waals surface area contributed by atoms with Crippen LogP contribution in [0, 0.1) is 0 Å². The van der Waals surface area contributed by atoms with E-state index in [9.17, 15) is 4.79 Å². The number of ether oxygens (including phenoxy) is 1. The largest absolute Gasteiger partial charge is 0.497 e. The molecule has 0 radical (unpaired) electrons. The number of carbonyl (C=O) groups is 1. The van der Waals surface area contributed by atoms with Crippen LogP contribution in [0.15, 0.2) is 48.5 Å². The molecule has 0 bridgehead atoms. The highest BCUT2D eigenvalue weighted by Gasteiger charge is 2.35. The average Bonchev–Trinajstić information content (AvgIpc) is 3.12. The van der Waals surface area contributed by atoms with Crippen molar-refractivity contribution < 1.29 is 14.4 Å². The Hall–Kier alpha value is -2.04. The van der Waals surface area contributed by atoms with Gasteiger partial charge in [-0.1, -0.05) is 29.8 Å². The van der Waals surface area contributed by atoms with Gasteiger partial charge in [-0.3, -0.25) is 4.79 Å². The maximum atomic E-state index is 13.0. The summed E-state index contributed by atoms with van der Waals surface area (Å²) in [5.74, 6) is 0.742. The van der Waals surface area contributed by atoms with E-state index in [-0.39, 0.29) is 11.9 Å². The molecule has 0 unspecified atom stereocenters. The number of nitrogens with one attached hydrogen (secondary N) is 2. The average molecular weight is 346 g/mol. The number of hydrogen-bond donors (Lipinski definition) is 2. The van der Waals surface area contributed by atoms with E-state index in [1.807, 2.05) is 48.5 Å². The number of rotatable bonds is 5. The Labute approximate surface area is 147 Å². The summed E-state index contributed by atoms with van der Waals surface area (Å²) in [5.41, 5.74) is 1.65. The molecule has 1 aliphatic heterocycles. The zero-order valence-electron chi connectivity index (χ0n) is 13.7. The van der Waals surface area contributed by atoms with Crippen molar-refractivity contribution in [2.24, 2.45) is 0 Å². The van der Waals surface area contributed by atoms with Crippen molar-refractivity contribution in [2.45, 2.75) is 18.9 Å². The summed E-state index contributed by atoms with van der Waals surface area (Å²) in [5, 5.41) is 3.67. The third kappa shape index (κ3) is 3.71. The van der Waals surface area contributed by atoms with Gasteiger partial charge in [0.05, 0.1) is 25.2 Å². The Morgan fingerprint density at radius 3 is 2.42 bits per heavy atom. The van der Waals surface area contributed by atoms with Crippen LogP contribution >= 0.6 is 11.6 Å². The summed E-state index contributed by atoms with van der Waals surface area (Å²) in [6, 6.07) is 14.7. The minimum Gasteiger partial charge on any atom is -0.497 e. The van der Waals surface area contributed by atoms with Gasteiger partial charge in [0, 0.05) is 24.1 Å². The molecule has 1 heterocycles. The summed E-state index contributed by atoms with van der Waals surface area (Å²) >= 11 is 6.37. The summed E-state index contributed by atoms with van der Waals surface area (Å²) in [6.45, 7) is 1.98. The molecule has 4 nitrogen and oxygen atoms in total. The van der Waals surface area contributed by atoms with Gasteiger partial charge in [-0.25, -0.2) is 0 Å². The summed E-state index contributed by atoms with van der Waals surface area (Å²) < 4.78 is 5.15. The molecular weight excluding hydrogens is 324 g/mol. The third-order valence-corrected chi connectivity index (χ3v) is 4.83. The molecule has 5 heteroatoms. The van der Waals surface area contributed by atoms with Crippen LogP contribution < -0.4 is 15.0 Å². The number of halogens is 1. The van der Waals surface area contributed by atoms with Gasteiger partial charge in [-0.2, -0.15) is 0 Å². The maximum absolute atomic E-state index is 13.0. The number of hydrogen-bond acceptors (Lipinski definition) is 2. The first-order chi connectivity index (χ1) is 11.7. The van der Waals surface area contributed by atoms with Crippen LogP contribution in [0.1, 0.15) is 24.4 Å². The van der Waals surface area contributed by atoms with E-state index in [0.29, 0.717) is 5.02 Å². The minimum atomic E-state index is -0.289. The first-order valence-electron chi connectivity index (χ1n) is 8.23. The van der Waals surface area contributed by atoms with Crippen molar-refractivity contribution in [3.63, 3.8) is 0 Å². The smallest absolute Gasteiger partial charge is 0.287 e. The Morgan fingerprint density at radius 2 is 1.79 bits per heavy atom. The van der Waals surface area contributed by atoms with Crippen LogP contribution in [0.25, 0.3) is 0 Å². The van der Waals surface area contributed by atoms with Crippen molar-refractivity contribution in [3.8, 4) is 5.75 Å². The van der Waals surface area contributed by atoms with Gasteiger partial charge in [0.15, 0.2) is 6.04 Å². The second-order valence-corrected chi connectivity index (χ2v) is 6.44. The monoisotopic (exact) mass is 345 g/mol. The second-order valence-electron chi connectivity index (χ2n) is 6.04. The lowest BCUT2D eigenvalue weighted by Crippen LogP contribution is -3.11. The van der Waals surface area contributed by atoms with E-state index in [0.717, 1.165) is 42.9 Å². The molecule has 1 atom stereocenters. The van der Waals surface area contributed by atoms with E-state index in [2.05, 4.69) is 5.32 Å². The molecule has 2 aromatic rings. The van der Waals surface area contributed by atoms with E-state index < -0.39 is 0 Å². The van der Waals surface area contributed by atoms with Crippen LogP contribution in [0.2, 0.25) is 5.02 Å². The van der Waals surface area contributed by atoms with Crippen LogP contribution in [0.3, 0.4) is 0 Å². The van der Waals surface area contributed by atoms with E-state index in [1.54, 1.807) is 7.11 Å². The molecule has 1 aliphatic rings. The predicted molar refractivity (Wildman–Crippen MR) is 95.7 cm³/mol. The predicted octanol–water partition coefficient (Wildman–Crippen LogP) is 2.71. The van der Waals surface area contributed by atoms with Crippen molar-refractivity contribution >= 4 is 23.2 Å². The zero-order valence-corrected chi connectivity index (χ0v) is 14.5. The quantitative estimate of drug-likeness (QED) is 0.875. The Balaban J connectivity index is 1.84. The first-order valence-corrected chi connectivity index (χ1v) is 8.61. The van der Waals surface area contributed by atoms with Crippen LogP contribution in [0.5, 0.6) is 5.75 Å². The fraction of sp³-hybridized carbons (Fsp3) is 0.316.